The molecular weight excluding hydrogens is 272 g/mol. The lowest BCUT2D eigenvalue weighted by Crippen LogP contribution is -2.16. The highest BCUT2D eigenvalue weighted by Crippen LogP contribution is 2.19. The number of anilines is 1. The van der Waals surface area contributed by atoms with Crippen LogP contribution in [0.2, 0.25) is 0 Å². The van der Waals surface area contributed by atoms with E-state index < -0.39 is 10.0 Å². The Labute approximate surface area is 119 Å². The van der Waals surface area contributed by atoms with Crippen molar-refractivity contribution in [2.24, 2.45) is 5.14 Å². The van der Waals surface area contributed by atoms with Gasteiger partial charge in [-0.1, -0.05) is 36.4 Å². The summed E-state index contributed by atoms with van der Waals surface area (Å²) in [5.74, 6) is 0. The highest BCUT2D eigenvalue weighted by molar-refractivity contribution is 7.89. The van der Waals surface area contributed by atoms with Crippen molar-refractivity contribution in [2.75, 3.05) is 11.9 Å². The van der Waals surface area contributed by atoms with Gasteiger partial charge in [-0.25, -0.2) is 13.6 Å². The quantitative estimate of drug-likeness (QED) is 0.887. The first-order chi connectivity index (χ1) is 9.48. The smallest absolute Gasteiger partial charge is 0.240 e. The van der Waals surface area contributed by atoms with Crippen LogP contribution in [-0.2, 0) is 16.4 Å². The molecule has 0 aliphatic rings. The Morgan fingerprint density at radius 1 is 1.05 bits per heavy atom. The summed E-state index contributed by atoms with van der Waals surface area (Å²) in [7, 11) is -3.70. The van der Waals surface area contributed by atoms with Crippen LogP contribution < -0.4 is 10.5 Å². The lowest BCUT2D eigenvalue weighted by atomic mass is 10.1. The maximum absolute atomic E-state index is 11.5. The fraction of sp³-hybridized carbons (Fsp3) is 0.200. The number of primary sulfonamides is 1. The summed E-state index contributed by atoms with van der Waals surface area (Å²) >= 11 is 0. The van der Waals surface area contributed by atoms with Gasteiger partial charge in [0.25, 0.3) is 0 Å². The average molecular weight is 290 g/mol. The van der Waals surface area contributed by atoms with Crippen molar-refractivity contribution in [2.45, 2.75) is 18.2 Å². The molecule has 0 saturated carbocycles. The molecule has 0 fully saturated rings. The number of nitrogens with one attached hydrogen (secondary N) is 1. The number of hydrogen-bond acceptors (Lipinski definition) is 3. The van der Waals surface area contributed by atoms with Crippen molar-refractivity contribution >= 4 is 15.7 Å². The Balaban J connectivity index is 2.07. The molecule has 0 amide bonds. The molecule has 106 valence electrons. The Kier molecular flexibility index (Phi) is 4.42. The van der Waals surface area contributed by atoms with E-state index in [1.54, 1.807) is 18.2 Å². The van der Waals surface area contributed by atoms with Crippen LogP contribution in [0.4, 0.5) is 5.69 Å². The standard InChI is InChI=1S/C15H18N2O2S/c1-12-6-2-3-7-13(12)10-11-17-14-8-4-5-9-15(14)20(16,18)19/h2-9,17H,10-11H2,1H3,(H2,16,18,19). The van der Waals surface area contributed by atoms with E-state index in [0.717, 1.165) is 6.42 Å². The van der Waals surface area contributed by atoms with Crippen molar-refractivity contribution in [3.8, 4) is 0 Å². The first-order valence-electron chi connectivity index (χ1n) is 6.38. The van der Waals surface area contributed by atoms with E-state index in [-0.39, 0.29) is 4.90 Å². The van der Waals surface area contributed by atoms with Gasteiger partial charge in [0.15, 0.2) is 0 Å². The van der Waals surface area contributed by atoms with Gasteiger partial charge in [-0.15, -0.1) is 0 Å². The van der Waals surface area contributed by atoms with Crippen LogP contribution in [0.25, 0.3) is 0 Å². The first-order valence-corrected chi connectivity index (χ1v) is 7.93. The second-order valence-electron chi connectivity index (χ2n) is 4.64. The molecule has 0 aromatic heterocycles. The Hall–Kier alpha value is -1.85. The summed E-state index contributed by atoms with van der Waals surface area (Å²) in [5.41, 5.74) is 3.02. The van der Waals surface area contributed by atoms with Gasteiger partial charge in [-0.2, -0.15) is 0 Å². The third kappa shape index (κ3) is 3.59. The normalized spacial score (nSPS) is 11.3. The molecule has 0 spiro atoms. The van der Waals surface area contributed by atoms with Gasteiger partial charge in [0.1, 0.15) is 4.90 Å². The topological polar surface area (TPSA) is 72.2 Å². The summed E-state index contributed by atoms with van der Waals surface area (Å²) in [6.07, 6.45) is 0.825. The van der Waals surface area contributed by atoms with Crippen LogP contribution >= 0.6 is 0 Å². The zero-order chi connectivity index (χ0) is 14.6. The fourth-order valence-electron chi connectivity index (χ4n) is 2.08. The zero-order valence-corrected chi connectivity index (χ0v) is 12.2. The number of rotatable bonds is 5. The van der Waals surface area contributed by atoms with Gasteiger partial charge in [0, 0.05) is 6.54 Å². The molecule has 0 heterocycles. The molecule has 0 atom stereocenters. The zero-order valence-electron chi connectivity index (χ0n) is 11.3. The van der Waals surface area contributed by atoms with Gasteiger partial charge >= 0.3 is 0 Å². The third-order valence-electron chi connectivity index (χ3n) is 3.16. The molecule has 2 aromatic carbocycles. The highest BCUT2D eigenvalue weighted by Gasteiger charge is 2.12. The number of sulfonamides is 1. The minimum Gasteiger partial charge on any atom is -0.384 e. The molecule has 2 rings (SSSR count). The second-order valence-corrected chi connectivity index (χ2v) is 6.17. The molecule has 0 unspecified atom stereocenters. The van der Waals surface area contributed by atoms with E-state index >= 15 is 0 Å². The van der Waals surface area contributed by atoms with Crippen molar-refractivity contribution in [3.63, 3.8) is 0 Å². The monoisotopic (exact) mass is 290 g/mol. The molecule has 0 bridgehead atoms. The molecule has 0 aliphatic heterocycles. The largest absolute Gasteiger partial charge is 0.384 e. The molecule has 0 aliphatic carbocycles. The van der Waals surface area contributed by atoms with Crippen LogP contribution in [0.3, 0.4) is 0 Å². The van der Waals surface area contributed by atoms with Gasteiger partial charge in [-0.3, -0.25) is 0 Å². The van der Waals surface area contributed by atoms with Crippen molar-refractivity contribution in [1.29, 1.82) is 0 Å². The number of hydrogen-bond donors (Lipinski definition) is 2. The molecular formula is C15H18N2O2S. The number of aryl methyl sites for hydroxylation is 1. The number of nitrogens with two attached hydrogens (primary N) is 1. The van der Waals surface area contributed by atoms with Gasteiger partial charge in [0.2, 0.25) is 10.0 Å². The summed E-state index contributed by atoms with van der Waals surface area (Å²) in [6.45, 7) is 2.71. The summed E-state index contributed by atoms with van der Waals surface area (Å²) in [6, 6.07) is 14.8. The second kappa shape index (κ2) is 6.07. The van der Waals surface area contributed by atoms with E-state index in [2.05, 4.69) is 24.4 Å². The maximum Gasteiger partial charge on any atom is 0.240 e. The van der Waals surface area contributed by atoms with Crippen LogP contribution in [0, 0.1) is 6.92 Å². The van der Waals surface area contributed by atoms with Gasteiger partial charge in [-0.05, 0) is 36.6 Å². The number of benzene rings is 2. The van der Waals surface area contributed by atoms with E-state index in [1.807, 2.05) is 12.1 Å². The molecule has 4 nitrogen and oxygen atoms in total. The average Bonchev–Trinajstić information content (AvgIpc) is 2.40. The van der Waals surface area contributed by atoms with Crippen molar-refractivity contribution in [1.82, 2.24) is 0 Å². The van der Waals surface area contributed by atoms with Crippen LogP contribution in [0.15, 0.2) is 53.4 Å². The summed E-state index contributed by atoms with van der Waals surface area (Å²) in [5, 5.41) is 8.33. The van der Waals surface area contributed by atoms with Crippen molar-refractivity contribution < 1.29 is 8.42 Å². The van der Waals surface area contributed by atoms with E-state index in [4.69, 9.17) is 5.14 Å². The third-order valence-corrected chi connectivity index (χ3v) is 4.13. The van der Waals surface area contributed by atoms with Crippen LogP contribution in [0.5, 0.6) is 0 Å². The lowest BCUT2D eigenvalue weighted by Gasteiger charge is -2.11. The summed E-state index contributed by atoms with van der Waals surface area (Å²) in [4.78, 5) is 0.129. The van der Waals surface area contributed by atoms with Gasteiger partial charge < -0.3 is 5.32 Å². The summed E-state index contributed by atoms with van der Waals surface area (Å²) < 4.78 is 23.0. The molecule has 3 N–H and O–H groups in total. The van der Waals surface area contributed by atoms with Crippen molar-refractivity contribution in [3.05, 3.63) is 59.7 Å². The molecule has 0 saturated heterocycles. The molecule has 0 radical (unpaired) electrons. The first kappa shape index (κ1) is 14.6. The van der Waals surface area contributed by atoms with Crippen LogP contribution in [0.1, 0.15) is 11.1 Å². The Bertz CT molecular complexity index is 697. The number of para-hydroxylation sites is 1. The molecule has 2 aromatic rings. The lowest BCUT2D eigenvalue weighted by molar-refractivity contribution is 0.598. The van der Waals surface area contributed by atoms with E-state index in [0.29, 0.717) is 12.2 Å². The molecule has 20 heavy (non-hydrogen) atoms. The Morgan fingerprint density at radius 3 is 2.40 bits per heavy atom. The molecule has 5 heteroatoms. The maximum atomic E-state index is 11.5. The predicted molar refractivity (Wildman–Crippen MR) is 81.2 cm³/mol. The van der Waals surface area contributed by atoms with Gasteiger partial charge in [0.05, 0.1) is 5.69 Å². The fourth-order valence-corrected chi connectivity index (χ4v) is 2.80. The minimum absolute atomic E-state index is 0.129. The Morgan fingerprint density at radius 2 is 1.70 bits per heavy atom. The predicted octanol–water partition coefficient (Wildman–Crippen LogP) is 2.30. The minimum atomic E-state index is -3.70. The van der Waals surface area contributed by atoms with E-state index in [9.17, 15) is 8.42 Å². The highest BCUT2D eigenvalue weighted by atomic mass is 32.2. The van der Waals surface area contributed by atoms with Crippen LogP contribution in [-0.4, -0.2) is 15.0 Å². The van der Waals surface area contributed by atoms with E-state index in [1.165, 1.54) is 17.2 Å². The SMILES string of the molecule is Cc1ccccc1CCNc1ccccc1S(N)(=O)=O.